The highest BCUT2D eigenvalue weighted by molar-refractivity contribution is 5.34. The topological polar surface area (TPSA) is 51.8 Å². The number of aromatic nitrogens is 2. The first kappa shape index (κ1) is 10.6. The quantitative estimate of drug-likeness (QED) is 0.832. The lowest BCUT2D eigenvalue weighted by molar-refractivity contribution is 0.962. The Morgan fingerprint density at radius 2 is 1.81 bits per heavy atom. The van der Waals surface area contributed by atoms with Crippen LogP contribution in [0, 0.1) is 13.8 Å². The van der Waals surface area contributed by atoms with E-state index in [0.717, 1.165) is 12.2 Å². The lowest BCUT2D eigenvalue weighted by Crippen LogP contribution is -1.99. The summed E-state index contributed by atoms with van der Waals surface area (Å²) in [6.45, 7) is 4.20. The maximum Gasteiger partial charge on any atom is 0.132 e. The minimum absolute atomic E-state index is 0.601. The van der Waals surface area contributed by atoms with Crippen molar-refractivity contribution < 1.29 is 0 Å². The molecule has 0 unspecified atom stereocenters. The van der Waals surface area contributed by atoms with Crippen molar-refractivity contribution in [3.63, 3.8) is 0 Å². The van der Waals surface area contributed by atoms with Gasteiger partial charge >= 0.3 is 0 Å². The van der Waals surface area contributed by atoms with E-state index in [9.17, 15) is 0 Å². The Morgan fingerprint density at radius 1 is 1.12 bits per heavy atom. The lowest BCUT2D eigenvalue weighted by atomic mass is 10.0. The molecule has 1 heterocycles. The molecular formula is C13H15N3. The number of nitrogen functional groups attached to an aromatic ring is 1. The number of hydrogen-bond donors (Lipinski definition) is 1. The summed E-state index contributed by atoms with van der Waals surface area (Å²) in [6, 6.07) is 6.41. The highest BCUT2D eigenvalue weighted by Crippen LogP contribution is 2.13. The Labute approximate surface area is 95.4 Å². The number of rotatable bonds is 2. The van der Waals surface area contributed by atoms with Crippen molar-refractivity contribution >= 4 is 5.69 Å². The van der Waals surface area contributed by atoms with E-state index in [0.29, 0.717) is 5.69 Å². The molecule has 2 aromatic rings. The number of nitrogens with zero attached hydrogens (tertiary/aromatic N) is 2. The summed E-state index contributed by atoms with van der Waals surface area (Å²) in [7, 11) is 0. The molecule has 0 amide bonds. The van der Waals surface area contributed by atoms with Crippen molar-refractivity contribution in [2.24, 2.45) is 0 Å². The van der Waals surface area contributed by atoms with Gasteiger partial charge in [0.25, 0.3) is 0 Å². The average molecular weight is 213 g/mol. The molecule has 2 rings (SSSR count). The molecule has 0 aliphatic carbocycles. The van der Waals surface area contributed by atoms with Gasteiger partial charge in [-0.2, -0.15) is 0 Å². The van der Waals surface area contributed by atoms with Crippen LogP contribution in [0.2, 0.25) is 0 Å². The lowest BCUT2D eigenvalue weighted by Gasteiger charge is -2.05. The molecule has 1 aromatic heterocycles. The summed E-state index contributed by atoms with van der Waals surface area (Å²) in [6.07, 6.45) is 4.05. The number of benzene rings is 1. The van der Waals surface area contributed by atoms with Gasteiger partial charge in [-0.25, -0.2) is 9.97 Å². The zero-order chi connectivity index (χ0) is 11.5. The molecule has 0 aliphatic rings. The second-order valence-corrected chi connectivity index (χ2v) is 4.04. The maximum atomic E-state index is 5.54. The van der Waals surface area contributed by atoms with Crippen molar-refractivity contribution in [3.8, 4) is 0 Å². The molecule has 16 heavy (non-hydrogen) atoms. The number of nitrogens with two attached hydrogens (primary N) is 1. The molecule has 0 atom stereocenters. The van der Waals surface area contributed by atoms with E-state index in [1.54, 1.807) is 12.4 Å². The first-order valence-corrected chi connectivity index (χ1v) is 5.27. The fourth-order valence-electron chi connectivity index (χ4n) is 1.67. The Morgan fingerprint density at radius 3 is 2.44 bits per heavy atom. The van der Waals surface area contributed by atoms with Gasteiger partial charge in [0.05, 0.1) is 18.1 Å². The van der Waals surface area contributed by atoms with E-state index >= 15 is 0 Å². The summed E-state index contributed by atoms with van der Waals surface area (Å²) < 4.78 is 0. The Hall–Kier alpha value is -1.90. The van der Waals surface area contributed by atoms with Gasteiger partial charge in [-0.3, -0.25) is 0 Å². The Kier molecular flexibility index (Phi) is 2.86. The number of aryl methyl sites for hydroxylation is 2. The van der Waals surface area contributed by atoms with Gasteiger partial charge < -0.3 is 5.73 Å². The summed E-state index contributed by atoms with van der Waals surface area (Å²) in [5, 5.41) is 0. The SMILES string of the molecule is Cc1ccc(Cc2ncc(N)cn2)c(C)c1. The molecule has 3 nitrogen and oxygen atoms in total. The predicted octanol–water partition coefficient (Wildman–Crippen LogP) is 2.27. The van der Waals surface area contributed by atoms with Crippen molar-refractivity contribution in [3.05, 3.63) is 53.1 Å². The first-order valence-electron chi connectivity index (χ1n) is 5.27. The Balaban J connectivity index is 2.23. The van der Waals surface area contributed by atoms with Gasteiger partial charge in [0.15, 0.2) is 0 Å². The van der Waals surface area contributed by atoms with Gasteiger partial charge in [-0.15, -0.1) is 0 Å². The van der Waals surface area contributed by atoms with Gasteiger partial charge in [0.2, 0.25) is 0 Å². The van der Waals surface area contributed by atoms with Crippen molar-refractivity contribution in [1.29, 1.82) is 0 Å². The molecule has 0 fully saturated rings. The zero-order valence-corrected chi connectivity index (χ0v) is 9.57. The minimum Gasteiger partial charge on any atom is -0.396 e. The second kappa shape index (κ2) is 4.31. The molecular weight excluding hydrogens is 198 g/mol. The monoisotopic (exact) mass is 213 g/mol. The molecule has 3 heteroatoms. The van der Waals surface area contributed by atoms with Crippen LogP contribution < -0.4 is 5.73 Å². The van der Waals surface area contributed by atoms with Crippen LogP contribution in [-0.2, 0) is 6.42 Å². The van der Waals surface area contributed by atoms with Gasteiger partial charge in [-0.1, -0.05) is 23.8 Å². The van der Waals surface area contributed by atoms with Crippen LogP contribution in [0.15, 0.2) is 30.6 Å². The number of anilines is 1. The molecule has 0 saturated carbocycles. The van der Waals surface area contributed by atoms with Crippen molar-refractivity contribution in [2.75, 3.05) is 5.73 Å². The normalized spacial score (nSPS) is 10.4. The van der Waals surface area contributed by atoms with Gasteiger partial charge in [-0.05, 0) is 25.0 Å². The standard InChI is InChI=1S/C13H15N3/c1-9-3-4-11(10(2)5-9)6-13-15-7-12(14)8-16-13/h3-5,7-8H,6,14H2,1-2H3. The summed E-state index contributed by atoms with van der Waals surface area (Å²) in [4.78, 5) is 8.40. The van der Waals surface area contributed by atoms with Crippen LogP contribution in [-0.4, -0.2) is 9.97 Å². The minimum atomic E-state index is 0.601. The van der Waals surface area contributed by atoms with Crippen LogP contribution in [0.1, 0.15) is 22.5 Å². The largest absolute Gasteiger partial charge is 0.396 e. The first-order chi connectivity index (χ1) is 7.65. The summed E-state index contributed by atoms with van der Waals surface area (Å²) in [5.74, 6) is 0.807. The molecule has 0 bridgehead atoms. The van der Waals surface area contributed by atoms with Crippen molar-refractivity contribution in [2.45, 2.75) is 20.3 Å². The Bertz CT molecular complexity index is 489. The summed E-state index contributed by atoms with van der Waals surface area (Å²) >= 11 is 0. The van der Waals surface area contributed by atoms with E-state index in [4.69, 9.17) is 5.73 Å². The van der Waals surface area contributed by atoms with Crippen molar-refractivity contribution in [1.82, 2.24) is 9.97 Å². The van der Waals surface area contributed by atoms with E-state index in [1.807, 2.05) is 0 Å². The van der Waals surface area contributed by atoms with Crippen LogP contribution in [0.4, 0.5) is 5.69 Å². The van der Waals surface area contributed by atoms with E-state index in [-0.39, 0.29) is 0 Å². The maximum absolute atomic E-state index is 5.54. The average Bonchev–Trinajstić information content (AvgIpc) is 2.25. The fraction of sp³-hybridized carbons (Fsp3) is 0.231. The second-order valence-electron chi connectivity index (χ2n) is 4.04. The van der Waals surface area contributed by atoms with E-state index in [2.05, 4.69) is 42.0 Å². The molecule has 0 spiro atoms. The fourth-order valence-corrected chi connectivity index (χ4v) is 1.67. The van der Waals surface area contributed by atoms with E-state index in [1.165, 1.54) is 16.7 Å². The van der Waals surface area contributed by atoms with Crippen LogP contribution in [0.5, 0.6) is 0 Å². The third kappa shape index (κ3) is 2.37. The highest BCUT2D eigenvalue weighted by atomic mass is 14.9. The third-order valence-electron chi connectivity index (χ3n) is 2.57. The smallest absolute Gasteiger partial charge is 0.132 e. The van der Waals surface area contributed by atoms with Gasteiger partial charge in [0.1, 0.15) is 5.82 Å². The number of hydrogen-bond acceptors (Lipinski definition) is 3. The zero-order valence-electron chi connectivity index (χ0n) is 9.57. The predicted molar refractivity (Wildman–Crippen MR) is 65.2 cm³/mol. The molecule has 2 N–H and O–H groups in total. The van der Waals surface area contributed by atoms with E-state index < -0.39 is 0 Å². The molecule has 0 aliphatic heterocycles. The highest BCUT2D eigenvalue weighted by Gasteiger charge is 2.02. The summed E-state index contributed by atoms with van der Waals surface area (Å²) in [5.41, 5.74) is 9.96. The van der Waals surface area contributed by atoms with Gasteiger partial charge in [0, 0.05) is 6.42 Å². The van der Waals surface area contributed by atoms with Crippen LogP contribution in [0.3, 0.4) is 0 Å². The molecule has 0 saturated heterocycles. The van der Waals surface area contributed by atoms with Crippen LogP contribution in [0.25, 0.3) is 0 Å². The third-order valence-corrected chi connectivity index (χ3v) is 2.57. The molecule has 0 radical (unpaired) electrons. The molecule has 82 valence electrons. The van der Waals surface area contributed by atoms with Crippen LogP contribution >= 0.6 is 0 Å². The molecule has 1 aromatic carbocycles.